The first-order valence-electron chi connectivity index (χ1n) is 4.73. The molecule has 16 heavy (non-hydrogen) atoms. The predicted molar refractivity (Wildman–Crippen MR) is 56.3 cm³/mol. The summed E-state index contributed by atoms with van der Waals surface area (Å²) in [6.45, 7) is 0.250. The van der Waals surface area contributed by atoms with Gasteiger partial charge in [-0.1, -0.05) is 6.07 Å². The molecule has 0 aliphatic rings. The van der Waals surface area contributed by atoms with Gasteiger partial charge in [-0.2, -0.15) is 0 Å². The van der Waals surface area contributed by atoms with E-state index < -0.39 is 5.82 Å². The molecule has 0 radical (unpaired) electrons. The van der Waals surface area contributed by atoms with Crippen molar-refractivity contribution in [2.45, 2.75) is 6.54 Å². The van der Waals surface area contributed by atoms with Crippen molar-refractivity contribution < 1.29 is 13.5 Å². The summed E-state index contributed by atoms with van der Waals surface area (Å²) in [5.74, 6) is 0.116. The third-order valence-corrected chi connectivity index (χ3v) is 2.17. The van der Waals surface area contributed by atoms with Crippen molar-refractivity contribution in [2.75, 3.05) is 7.11 Å². The van der Waals surface area contributed by atoms with Crippen LogP contribution in [0.4, 0.5) is 4.39 Å². The number of nitrogens with zero attached hydrogens (tertiary/aromatic N) is 1. The van der Waals surface area contributed by atoms with Gasteiger partial charge in [0.05, 0.1) is 12.8 Å². The molecule has 0 spiro atoms. The van der Waals surface area contributed by atoms with E-state index in [1.54, 1.807) is 12.1 Å². The highest BCUT2D eigenvalue weighted by molar-refractivity contribution is 5.63. The summed E-state index contributed by atoms with van der Waals surface area (Å²) < 4.78 is 23.8. The van der Waals surface area contributed by atoms with Crippen LogP contribution in [-0.4, -0.2) is 12.1 Å². The molecule has 0 saturated carbocycles. The summed E-state index contributed by atoms with van der Waals surface area (Å²) in [4.78, 5) is 4.06. The lowest BCUT2D eigenvalue weighted by molar-refractivity contribution is 0.410. The maximum absolute atomic E-state index is 13.6. The van der Waals surface area contributed by atoms with Crippen LogP contribution in [0.2, 0.25) is 0 Å². The average molecular weight is 222 g/mol. The van der Waals surface area contributed by atoms with Gasteiger partial charge in [-0.25, -0.2) is 9.37 Å². The average Bonchev–Trinajstić information content (AvgIpc) is 2.76. The zero-order chi connectivity index (χ0) is 11.5. The Labute approximate surface area is 91.9 Å². The normalized spacial score (nSPS) is 10.4. The number of rotatable bonds is 3. The van der Waals surface area contributed by atoms with Crippen molar-refractivity contribution in [1.82, 2.24) is 4.98 Å². The van der Waals surface area contributed by atoms with Crippen LogP contribution in [0, 0.1) is 5.82 Å². The number of hydrogen-bond acceptors (Lipinski definition) is 4. The molecule has 2 rings (SSSR count). The number of methoxy groups -OCH3 is 1. The van der Waals surface area contributed by atoms with Crippen LogP contribution in [-0.2, 0) is 6.54 Å². The first-order valence-corrected chi connectivity index (χ1v) is 4.73. The van der Waals surface area contributed by atoms with Crippen LogP contribution in [0.25, 0.3) is 11.5 Å². The number of benzene rings is 1. The minimum atomic E-state index is -0.440. The van der Waals surface area contributed by atoms with E-state index in [1.165, 1.54) is 19.4 Å². The summed E-state index contributed by atoms with van der Waals surface area (Å²) in [6, 6.07) is 4.53. The molecule has 0 bridgehead atoms. The van der Waals surface area contributed by atoms with Crippen molar-refractivity contribution in [3.8, 4) is 17.2 Å². The molecule has 0 aliphatic heterocycles. The molecule has 0 fully saturated rings. The highest BCUT2D eigenvalue weighted by Crippen LogP contribution is 2.31. The number of halogens is 1. The molecule has 1 heterocycles. The van der Waals surface area contributed by atoms with E-state index in [2.05, 4.69) is 4.98 Å². The Balaban J connectivity index is 2.53. The molecular weight excluding hydrogens is 211 g/mol. The minimum absolute atomic E-state index is 0.176. The fourth-order valence-corrected chi connectivity index (χ4v) is 1.40. The summed E-state index contributed by atoms with van der Waals surface area (Å²) in [5, 5.41) is 0. The highest BCUT2D eigenvalue weighted by atomic mass is 19.1. The second-order valence-corrected chi connectivity index (χ2v) is 3.17. The number of nitrogens with two attached hydrogens (primary N) is 1. The zero-order valence-electron chi connectivity index (χ0n) is 8.74. The summed E-state index contributed by atoms with van der Waals surface area (Å²) in [6.07, 6.45) is 1.40. The smallest absolute Gasteiger partial charge is 0.232 e. The van der Waals surface area contributed by atoms with Gasteiger partial charge >= 0.3 is 0 Å². The number of oxazole rings is 1. The first kappa shape index (κ1) is 10.6. The zero-order valence-corrected chi connectivity index (χ0v) is 8.74. The number of aromatic nitrogens is 1. The van der Waals surface area contributed by atoms with Crippen molar-refractivity contribution in [1.29, 1.82) is 0 Å². The summed E-state index contributed by atoms with van der Waals surface area (Å²) in [7, 11) is 1.46. The Morgan fingerprint density at radius 3 is 2.94 bits per heavy atom. The lowest BCUT2D eigenvalue weighted by Crippen LogP contribution is -1.96. The molecule has 0 aliphatic carbocycles. The maximum Gasteiger partial charge on any atom is 0.232 e. The number of ether oxygens (including phenoxy) is 1. The monoisotopic (exact) mass is 222 g/mol. The van der Waals surface area contributed by atoms with Crippen molar-refractivity contribution >= 4 is 0 Å². The predicted octanol–water partition coefficient (Wildman–Crippen LogP) is 1.95. The Bertz CT molecular complexity index is 496. The van der Waals surface area contributed by atoms with Crippen LogP contribution >= 0.6 is 0 Å². The molecule has 5 heteroatoms. The van der Waals surface area contributed by atoms with Crippen LogP contribution < -0.4 is 10.5 Å². The second-order valence-electron chi connectivity index (χ2n) is 3.17. The SMILES string of the molecule is COc1cccc(F)c1-c1nc(CN)co1. The molecule has 2 N–H and O–H groups in total. The Morgan fingerprint density at radius 2 is 2.31 bits per heavy atom. The first-order chi connectivity index (χ1) is 7.76. The summed E-state index contributed by atoms with van der Waals surface area (Å²) in [5.41, 5.74) is 6.18. The molecule has 0 atom stereocenters. The van der Waals surface area contributed by atoms with E-state index in [4.69, 9.17) is 14.9 Å². The van der Waals surface area contributed by atoms with Crippen LogP contribution in [0.15, 0.2) is 28.9 Å². The van der Waals surface area contributed by atoms with Crippen LogP contribution in [0.5, 0.6) is 5.75 Å². The van der Waals surface area contributed by atoms with E-state index in [0.29, 0.717) is 11.4 Å². The van der Waals surface area contributed by atoms with Crippen LogP contribution in [0.1, 0.15) is 5.69 Å². The molecule has 1 aromatic heterocycles. The van der Waals surface area contributed by atoms with Gasteiger partial charge in [0.25, 0.3) is 0 Å². The van der Waals surface area contributed by atoms with Gasteiger partial charge < -0.3 is 14.9 Å². The second kappa shape index (κ2) is 4.32. The Morgan fingerprint density at radius 1 is 1.50 bits per heavy atom. The minimum Gasteiger partial charge on any atom is -0.496 e. The fourth-order valence-electron chi connectivity index (χ4n) is 1.40. The molecular formula is C11H11FN2O2. The van der Waals surface area contributed by atoms with Crippen molar-refractivity contribution in [3.05, 3.63) is 36.0 Å². The lowest BCUT2D eigenvalue weighted by atomic mass is 10.2. The molecule has 0 saturated heterocycles. The molecule has 0 unspecified atom stereocenters. The molecule has 2 aromatic rings. The number of hydrogen-bond donors (Lipinski definition) is 1. The molecule has 0 amide bonds. The molecule has 4 nitrogen and oxygen atoms in total. The van der Waals surface area contributed by atoms with Gasteiger partial charge in [-0.15, -0.1) is 0 Å². The van der Waals surface area contributed by atoms with Gasteiger partial charge in [-0.05, 0) is 12.1 Å². The standard InChI is InChI=1S/C11H11FN2O2/c1-15-9-4-2-3-8(12)10(9)11-14-7(5-13)6-16-11/h2-4,6H,5,13H2,1H3. The van der Waals surface area contributed by atoms with Crippen molar-refractivity contribution in [3.63, 3.8) is 0 Å². The molecule has 1 aromatic carbocycles. The van der Waals surface area contributed by atoms with E-state index in [0.717, 1.165) is 0 Å². The van der Waals surface area contributed by atoms with Gasteiger partial charge in [0, 0.05) is 6.54 Å². The largest absolute Gasteiger partial charge is 0.496 e. The van der Waals surface area contributed by atoms with Crippen molar-refractivity contribution in [2.24, 2.45) is 5.73 Å². The van der Waals surface area contributed by atoms with E-state index in [-0.39, 0.29) is 18.0 Å². The van der Waals surface area contributed by atoms with Gasteiger partial charge in [0.2, 0.25) is 5.89 Å². The Hall–Kier alpha value is -1.88. The van der Waals surface area contributed by atoms with Gasteiger partial charge in [0.15, 0.2) is 0 Å². The third kappa shape index (κ3) is 1.77. The van der Waals surface area contributed by atoms with E-state index in [9.17, 15) is 4.39 Å². The van der Waals surface area contributed by atoms with Gasteiger partial charge in [0.1, 0.15) is 23.4 Å². The molecule has 84 valence electrons. The van der Waals surface area contributed by atoms with Crippen LogP contribution in [0.3, 0.4) is 0 Å². The summed E-state index contributed by atoms with van der Waals surface area (Å²) >= 11 is 0. The quantitative estimate of drug-likeness (QED) is 0.862. The Kier molecular flexibility index (Phi) is 2.87. The fraction of sp³-hybridized carbons (Fsp3) is 0.182. The van der Waals surface area contributed by atoms with E-state index >= 15 is 0 Å². The topological polar surface area (TPSA) is 61.3 Å². The lowest BCUT2D eigenvalue weighted by Gasteiger charge is -2.05. The van der Waals surface area contributed by atoms with Gasteiger partial charge in [-0.3, -0.25) is 0 Å². The van der Waals surface area contributed by atoms with E-state index in [1.807, 2.05) is 0 Å². The maximum atomic E-state index is 13.6. The highest BCUT2D eigenvalue weighted by Gasteiger charge is 2.16. The third-order valence-electron chi connectivity index (χ3n) is 2.17.